The van der Waals surface area contributed by atoms with Gasteiger partial charge in [0.2, 0.25) is 0 Å². The molecule has 0 fully saturated rings. The van der Waals surface area contributed by atoms with E-state index in [4.69, 9.17) is 4.74 Å². The lowest BCUT2D eigenvalue weighted by atomic mass is 10.2. The topological polar surface area (TPSA) is 53.9 Å². The van der Waals surface area contributed by atoms with Crippen LogP contribution in [0.1, 0.15) is 35.3 Å². The molecule has 1 N–H and O–H groups in total. The Morgan fingerprint density at radius 2 is 1.68 bits per heavy atom. The smallest absolute Gasteiger partial charge is 0.275 e. The van der Waals surface area contributed by atoms with Crippen LogP contribution in [0.4, 0.5) is 5.69 Å². The number of nitrogens with one attached hydrogen (secondary N) is 1. The van der Waals surface area contributed by atoms with Crippen LogP contribution in [0.25, 0.3) is 0 Å². The van der Waals surface area contributed by atoms with E-state index in [9.17, 15) is 4.79 Å². The number of hydrogen-bond donors (Lipinski definition) is 1. The van der Waals surface area contributed by atoms with Gasteiger partial charge in [0.05, 0.1) is 11.8 Å². The maximum atomic E-state index is 12.6. The molecule has 31 heavy (non-hydrogen) atoms. The highest BCUT2D eigenvalue weighted by molar-refractivity contribution is 9.10. The highest BCUT2D eigenvalue weighted by Gasteiger charge is 2.11. The average Bonchev–Trinajstić information content (AvgIpc) is 2.80. The van der Waals surface area contributed by atoms with Crippen molar-refractivity contribution in [2.24, 2.45) is 5.10 Å². The first-order valence-electron chi connectivity index (χ1n) is 10.3. The Kier molecular flexibility index (Phi) is 8.24. The van der Waals surface area contributed by atoms with Gasteiger partial charge >= 0.3 is 0 Å². The number of amides is 1. The van der Waals surface area contributed by atoms with Crippen LogP contribution >= 0.6 is 15.9 Å². The van der Waals surface area contributed by atoms with Crippen LogP contribution in [0.3, 0.4) is 0 Å². The predicted octanol–water partition coefficient (Wildman–Crippen LogP) is 5.64. The van der Waals surface area contributed by atoms with Crippen molar-refractivity contribution in [3.05, 3.63) is 94.0 Å². The maximum Gasteiger partial charge on any atom is 0.275 e. The summed E-state index contributed by atoms with van der Waals surface area (Å²) in [6.07, 6.45) is 1.63. The zero-order valence-corrected chi connectivity index (χ0v) is 19.3. The molecular weight excluding hydrogens is 454 g/mol. The molecule has 0 aliphatic rings. The molecule has 0 aliphatic heterocycles. The molecular formula is C25H26BrN3O2. The Bertz CT molecular complexity index is 1010. The third kappa shape index (κ3) is 6.43. The zero-order valence-electron chi connectivity index (χ0n) is 17.7. The Hall–Kier alpha value is -3.12. The Balaban J connectivity index is 1.61. The summed E-state index contributed by atoms with van der Waals surface area (Å²) >= 11 is 3.42. The number of carbonyl (C=O) groups is 1. The van der Waals surface area contributed by atoms with Crippen molar-refractivity contribution in [2.45, 2.75) is 20.5 Å². The van der Waals surface area contributed by atoms with Crippen LogP contribution in [-0.2, 0) is 6.61 Å². The van der Waals surface area contributed by atoms with E-state index >= 15 is 0 Å². The summed E-state index contributed by atoms with van der Waals surface area (Å²) in [6.45, 7) is 6.57. The molecule has 0 heterocycles. The van der Waals surface area contributed by atoms with E-state index in [1.54, 1.807) is 24.4 Å². The number of para-hydroxylation sites is 1. The second-order valence-corrected chi connectivity index (χ2v) is 7.79. The number of rotatable bonds is 9. The fourth-order valence-electron chi connectivity index (χ4n) is 3.11. The second-order valence-electron chi connectivity index (χ2n) is 6.87. The highest BCUT2D eigenvalue weighted by Crippen LogP contribution is 2.20. The Morgan fingerprint density at radius 3 is 2.35 bits per heavy atom. The minimum atomic E-state index is -0.317. The number of anilines is 1. The molecule has 0 bridgehead atoms. The first-order valence-corrected chi connectivity index (χ1v) is 11.0. The lowest BCUT2D eigenvalue weighted by Gasteiger charge is -2.20. The van der Waals surface area contributed by atoms with E-state index in [0.717, 1.165) is 28.7 Å². The number of carbonyl (C=O) groups excluding carboxylic acids is 1. The van der Waals surface area contributed by atoms with E-state index in [0.29, 0.717) is 17.9 Å². The summed E-state index contributed by atoms with van der Waals surface area (Å²) in [7, 11) is 0. The van der Waals surface area contributed by atoms with Gasteiger partial charge in [-0.25, -0.2) is 5.43 Å². The quantitative estimate of drug-likeness (QED) is 0.319. The SMILES string of the molecule is CCN(CC)c1ccc(/C=N\NC(=O)c2ccccc2OCc2ccc(Br)cc2)cc1. The fourth-order valence-corrected chi connectivity index (χ4v) is 3.37. The molecule has 0 saturated heterocycles. The van der Waals surface area contributed by atoms with Gasteiger partial charge in [0.15, 0.2) is 0 Å². The minimum absolute atomic E-state index is 0.317. The van der Waals surface area contributed by atoms with Crippen LogP contribution in [0.15, 0.2) is 82.4 Å². The van der Waals surface area contributed by atoms with Crippen molar-refractivity contribution < 1.29 is 9.53 Å². The van der Waals surface area contributed by atoms with E-state index in [1.165, 1.54) is 5.69 Å². The Labute approximate surface area is 191 Å². The normalized spacial score (nSPS) is 10.8. The first kappa shape index (κ1) is 22.6. The van der Waals surface area contributed by atoms with Crippen LogP contribution in [0.5, 0.6) is 5.75 Å². The van der Waals surface area contributed by atoms with Gasteiger partial charge in [-0.05, 0) is 61.4 Å². The predicted molar refractivity (Wildman–Crippen MR) is 130 cm³/mol. The van der Waals surface area contributed by atoms with Gasteiger partial charge in [-0.2, -0.15) is 5.10 Å². The number of ether oxygens (including phenoxy) is 1. The number of hydrogen-bond acceptors (Lipinski definition) is 4. The maximum absolute atomic E-state index is 12.6. The summed E-state index contributed by atoms with van der Waals surface area (Å²) in [5.41, 5.74) is 6.13. The lowest BCUT2D eigenvalue weighted by molar-refractivity contribution is 0.0950. The van der Waals surface area contributed by atoms with Crippen molar-refractivity contribution in [1.29, 1.82) is 0 Å². The van der Waals surface area contributed by atoms with Gasteiger partial charge < -0.3 is 9.64 Å². The van der Waals surface area contributed by atoms with Gasteiger partial charge in [0, 0.05) is 23.2 Å². The van der Waals surface area contributed by atoms with Crippen LogP contribution in [0.2, 0.25) is 0 Å². The molecule has 3 rings (SSSR count). The monoisotopic (exact) mass is 479 g/mol. The molecule has 3 aromatic rings. The van der Waals surface area contributed by atoms with Crippen molar-refractivity contribution >= 4 is 33.7 Å². The summed E-state index contributed by atoms with van der Waals surface area (Å²) in [5, 5.41) is 4.10. The third-order valence-electron chi connectivity index (χ3n) is 4.84. The van der Waals surface area contributed by atoms with Gasteiger partial charge in [-0.15, -0.1) is 0 Å². The molecule has 6 heteroatoms. The molecule has 5 nitrogen and oxygen atoms in total. The van der Waals surface area contributed by atoms with Crippen molar-refractivity contribution in [3.63, 3.8) is 0 Å². The molecule has 3 aromatic carbocycles. The molecule has 0 saturated carbocycles. The summed E-state index contributed by atoms with van der Waals surface area (Å²) in [5.74, 6) is 0.198. The fraction of sp³-hybridized carbons (Fsp3) is 0.200. The molecule has 160 valence electrons. The minimum Gasteiger partial charge on any atom is -0.488 e. The standard InChI is InChI=1S/C25H26BrN3O2/c1-3-29(4-2)22-15-11-19(12-16-22)17-27-28-25(30)23-7-5-6-8-24(23)31-18-20-9-13-21(26)14-10-20/h5-17H,3-4,18H2,1-2H3,(H,28,30)/b27-17-. The van der Waals surface area contributed by atoms with Crippen molar-refractivity contribution in [1.82, 2.24) is 5.43 Å². The molecule has 0 radical (unpaired) electrons. The zero-order chi connectivity index (χ0) is 22.1. The highest BCUT2D eigenvalue weighted by atomic mass is 79.9. The van der Waals surface area contributed by atoms with Crippen LogP contribution in [-0.4, -0.2) is 25.2 Å². The molecule has 0 atom stereocenters. The summed E-state index contributed by atoms with van der Waals surface area (Å²) in [4.78, 5) is 14.9. The largest absolute Gasteiger partial charge is 0.488 e. The average molecular weight is 480 g/mol. The second kappa shape index (κ2) is 11.3. The van der Waals surface area contributed by atoms with E-state index in [1.807, 2.05) is 42.5 Å². The van der Waals surface area contributed by atoms with E-state index in [2.05, 4.69) is 57.3 Å². The number of hydrazone groups is 1. The molecule has 1 amide bonds. The first-order chi connectivity index (χ1) is 15.1. The summed E-state index contributed by atoms with van der Waals surface area (Å²) < 4.78 is 6.88. The number of halogens is 1. The number of nitrogens with zero attached hydrogens (tertiary/aromatic N) is 2. The molecule has 0 unspecified atom stereocenters. The molecule has 0 aliphatic carbocycles. The van der Waals surface area contributed by atoms with Gasteiger partial charge in [0.25, 0.3) is 5.91 Å². The lowest BCUT2D eigenvalue weighted by Crippen LogP contribution is -2.21. The third-order valence-corrected chi connectivity index (χ3v) is 5.37. The van der Waals surface area contributed by atoms with Gasteiger partial charge in [-0.3, -0.25) is 4.79 Å². The van der Waals surface area contributed by atoms with E-state index < -0.39 is 0 Å². The summed E-state index contributed by atoms with van der Waals surface area (Å²) in [6, 6.07) is 23.1. The molecule has 0 aromatic heterocycles. The molecule has 0 spiro atoms. The van der Waals surface area contributed by atoms with Crippen LogP contribution < -0.4 is 15.1 Å². The van der Waals surface area contributed by atoms with Crippen LogP contribution in [0, 0.1) is 0 Å². The van der Waals surface area contributed by atoms with Crippen molar-refractivity contribution in [2.75, 3.05) is 18.0 Å². The van der Waals surface area contributed by atoms with Gasteiger partial charge in [0.1, 0.15) is 12.4 Å². The van der Waals surface area contributed by atoms with Crippen molar-refractivity contribution in [3.8, 4) is 5.75 Å². The van der Waals surface area contributed by atoms with Gasteiger partial charge in [-0.1, -0.05) is 52.3 Å². The van der Waals surface area contributed by atoms with E-state index in [-0.39, 0.29) is 5.91 Å². The number of benzene rings is 3. The Morgan fingerprint density at radius 1 is 1.00 bits per heavy atom.